The van der Waals surface area contributed by atoms with Crippen LogP contribution in [0.15, 0.2) is 0 Å². The Morgan fingerprint density at radius 1 is 0.706 bits per heavy atom. The first-order chi connectivity index (χ1) is 7.54. The van der Waals surface area contributed by atoms with Crippen molar-refractivity contribution in [2.75, 3.05) is 26.4 Å². The standard InChI is InChI=1S/C13H28O4/c1-11(2,3)16-9-13(7-14,8-15)10-17-12(4,5)6/h14-15H,7-10H2,1-6H3. The predicted molar refractivity (Wildman–Crippen MR) is 68.0 cm³/mol. The van der Waals surface area contributed by atoms with Crippen LogP contribution in [0.5, 0.6) is 0 Å². The van der Waals surface area contributed by atoms with Gasteiger partial charge in [-0.15, -0.1) is 0 Å². The van der Waals surface area contributed by atoms with Crippen LogP contribution in [0.1, 0.15) is 41.5 Å². The van der Waals surface area contributed by atoms with Gasteiger partial charge in [-0.05, 0) is 41.5 Å². The fourth-order valence-corrected chi connectivity index (χ4v) is 1.01. The molecule has 4 heteroatoms. The minimum atomic E-state index is -0.736. The second kappa shape index (κ2) is 6.14. The van der Waals surface area contributed by atoms with Crippen molar-refractivity contribution < 1.29 is 19.7 Å². The van der Waals surface area contributed by atoms with Crippen molar-refractivity contribution in [3.63, 3.8) is 0 Å². The highest BCUT2D eigenvalue weighted by atomic mass is 16.5. The summed E-state index contributed by atoms with van der Waals surface area (Å²) >= 11 is 0. The molecular weight excluding hydrogens is 220 g/mol. The molecule has 0 aromatic heterocycles. The van der Waals surface area contributed by atoms with Crippen molar-refractivity contribution in [2.24, 2.45) is 5.41 Å². The van der Waals surface area contributed by atoms with E-state index in [0.29, 0.717) is 0 Å². The molecule has 0 aliphatic heterocycles. The van der Waals surface area contributed by atoms with Gasteiger partial charge < -0.3 is 19.7 Å². The molecule has 0 heterocycles. The van der Waals surface area contributed by atoms with E-state index >= 15 is 0 Å². The van der Waals surface area contributed by atoms with Crippen molar-refractivity contribution in [1.82, 2.24) is 0 Å². The van der Waals surface area contributed by atoms with Gasteiger partial charge in [0.15, 0.2) is 0 Å². The summed E-state index contributed by atoms with van der Waals surface area (Å²) in [6, 6.07) is 0. The second-order valence-corrected chi connectivity index (χ2v) is 6.62. The van der Waals surface area contributed by atoms with E-state index in [2.05, 4.69) is 0 Å². The molecule has 0 atom stereocenters. The van der Waals surface area contributed by atoms with Gasteiger partial charge in [-0.25, -0.2) is 0 Å². The zero-order chi connectivity index (χ0) is 13.7. The first kappa shape index (κ1) is 16.8. The number of aliphatic hydroxyl groups is 2. The third-order valence-corrected chi connectivity index (χ3v) is 2.29. The molecule has 104 valence electrons. The molecular formula is C13H28O4. The van der Waals surface area contributed by atoms with Crippen molar-refractivity contribution in [1.29, 1.82) is 0 Å². The average Bonchev–Trinajstić information content (AvgIpc) is 2.16. The highest BCUT2D eigenvalue weighted by molar-refractivity contribution is 4.80. The summed E-state index contributed by atoms with van der Waals surface area (Å²) in [5, 5.41) is 18.9. The summed E-state index contributed by atoms with van der Waals surface area (Å²) in [7, 11) is 0. The fraction of sp³-hybridized carbons (Fsp3) is 1.00. The Bertz CT molecular complexity index is 188. The first-order valence-corrected chi connectivity index (χ1v) is 6.03. The van der Waals surface area contributed by atoms with Gasteiger partial charge >= 0.3 is 0 Å². The topological polar surface area (TPSA) is 58.9 Å². The molecule has 0 radical (unpaired) electrons. The van der Waals surface area contributed by atoms with E-state index in [1.807, 2.05) is 41.5 Å². The van der Waals surface area contributed by atoms with Crippen molar-refractivity contribution in [3.8, 4) is 0 Å². The zero-order valence-corrected chi connectivity index (χ0v) is 12.0. The second-order valence-electron chi connectivity index (χ2n) is 6.62. The van der Waals surface area contributed by atoms with Crippen LogP contribution in [0.4, 0.5) is 0 Å². The molecule has 0 aliphatic carbocycles. The predicted octanol–water partition coefficient (Wildman–Crippen LogP) is 1.59. The van der Waals surface area contributed by atoms with Gasteiger partial charge in [0.05, 0.1) is 43.0 Å². The summed E-state index contributed by atoms with van der Waals surface area (Å²) in [5.74, 6) is 0. The molecule has 0 unspecified atom stereocenters. The van der Waals surface area contributed by atoms with Crippen LogP contribution in [0, 0.1) is 5.41 Å². The lowest BCUT2D eigenvalue weighted by Crippen LogP contribution is -2.43. The molecule has 0 saturated heterocycles. The zero-order valence-electron chi connectivity index (χ0n) is 12.0. The highest BCUT2D eigenvalue weighted by Gasteiger charge is 2.33. The van der Waals surface area contributed by atoms with Crippen LogP contribution in [0.25, 0.3) is 0 Å². The van der Waals surface area contributed by atoms with Gasteiger partial charge in [0.2, 0.25) is 0 Å². The van der Waals surface area contributed by atoms with E-state index in [0.717, 1.165) is 0 Å². The minimum absolute atomic E-state index is 0.157. The summed E-state index contributed by atoms with van der Waals surface area (Å²) in [6.45, 7) is 11.9. The van der Waals surface area contributed by atoms with Gasteiger partial charge in [0.25, 0.3) is 0 Å². The maximum Gasteiger partial charge on any atom is 0.0633 e. The smallest absolute Gasteiger partial charge is 0.0633 e. The van der Waals surface area contributed by atoms with E-state index in [9.17, 15) is 10.2 Å². The number of rotatable bonds is 6. The molecule has 0 amide bonds. The van der Waals surface area contributed by atoms with Crippen LogP contribution in [-0.4, -0.2) is 47.8 Å². The van der Waals surface area contributed by atoms with Crippen LogP contribution in [-0.2, 0) is 9.47 Å². The summed E-state index contributed by atoms with van der Waals surface area (Å²) in [4.78, 5) is 0. The van der Waals surface area contributed by atoms with Gasteiger partial charge in [-0.3, -0.25) is 0 Å². The first-order valence-electron chi connectivity index (χ1n) is 6.03. The summed E-state index contributed by atoms with van der Waals surface area (Å²) in [5.41, 5.74) is -1.32. The Hall–Kier alpha value is -0.160. The Labute approximate surface area is 105 Å². The van der Waals surface area contributed by atoms with Crippen molar-refractivity contribution in [2.45, 2.75) is 52.7 Å². The normalized spacial score (nSPS) is 14.1. The summed E-state index contributed by atoms with van der Waals surface area (Å²) < 4.78 is 11.3. The quantitative estimate of drug-likeness (QED) is 0.749. The van der Waals surface area contributed by atoms with Crippen LogP contribution < -0.4 is 0 Å². The van der Waals surface area contributed by atoms with Gasteiger partial charge in [0, 0.05) is 0 Å². The molecule has 0 fully saturated rings. The van der Waals surface area contributed by atoms with Crippen LogP contribution >= 0.6 is 0 Å². The number of hydrogen-bond acceptors (Lipinski definition) is 4. The SMILES string of the molecule is CC(C)(C)OCC(CO)(CO)COC(C)(C)C. The molecule has 0 saturated carbocycles. The monoisotopic (exact) mass is 248 g/mol. The van der Waals surface area contributed by atoms with E-state index in [1.165, 1.54) is 0 Å². The lowest BCUT2D eigenvalue weighted by Gasteiger charge is -2.35. The van der Waals surface area contributed by atoms with E-state index in [4.69, 9.17) is 9.47 Å². The molecule has 0 aromatic rings. The number of hydrogen-bond donors (Lipinski definition) is 2. The third-order valence-electron chi connectivity index (χ3n) is 2.29. The van der Waals surface area contributed by atoms with Crippen molar-refractivity contribution >= 4 is 0 Å². The maximum absolute atomic E-state index is 9.45. The fourth-order valence-electron chi connectivity index (χ4n) is 1.01. The molecule has 17 heavy (non-hydrogen) atoms. The van der Waals surface area contributed by atoms with Gasteiger partial charge in [-0.2, -0.15) is 0 Å². The molecule has 0 rings (SSSR count). The Morgan fingerprint density at radius 2 is 1.00 bits per heavy atom. The Kier molecular flexibility index (Phi) is 6.08. The van der Waals surface area contributed by atoms with Crippen molar-refractivity contribution in [3.05, 3.63) is 0 Å². The molecule has 0 aliphatic rings. The van der Waals surface area contributed by atoms with E-state index < -0.39 is 5.41 Å². The Balaban J connectivity index is 4.46. The van der Waals surface area contributed by atoms with Gasteiger partial charge in [-0.1, -0.05) is 0 Å². The molecule has 0 aromatic carbocycles. The van der Waals surface area contributed by atoms with Crippen LogP contribution in [0.2, 0.25) is 0 Å². The molecule has 0 spiro atoms. The largest absolute Gasteiger partial charge is 0.396 e. The molecule has 2 N–H and O–H groups in total. The number of ether oxygens (including phenoxy) is 2. The highest BCUT2D eigenvalue weighted by Crippen LogP contribution is 2.23. The maximum atomic E-state index is 9.45. The third kappa shape index (κ3) is 7.71. The van der Waals surface area contributed by atoms with Gasteiger partial charge in [0.1, 0.15) is 0 Å². The lowest BCUT2D eigenvalue weighted by atomic mass is 9.91. The van der Waals surface area contributed by atoms with E-state index in [-0.39, 0.29) is 37.6 Å². The molecule has 4 nitrogen and oxygen atoms in total. The van der Waals surface area contributed by atoms with Crippen LogP contribution in [0.3, 0.4) is 0 Å². The van der Waals surface area contributed by atoms with E-state index in [1.54, 1.807) is 0 Å². The minimum Gasteiger partial charge on any atom is -0.396 e. The summed E-state index contributed by atoms with van der Waals surface area (Å²) in [6.07, 6.45) is 0. The number of aliphatic hydroxyl groups excluding tert-OH is 2. The molecule has 0 bridgehead atoms. The Morgan fingerprint density at radius 3 is 1.18 bits per heavy atom. The average molecular weight is 248 g/mol. The lowest BCUT2D eigenvalue weighted by molar-refractivity contribution is -0.136.